The Kier molecular flexibility index (Phi) is 11.3. The van der Waals surface area contributed by atoms with Crippen LogP contribution in [-0.2, 0) is 33.1 Å². The van der Waals surface area contributed by atoms with Crippen LogP contribution >= 0.6 is 11.8 Å². The number of thioether (sulfide) groups is 1. The summed E-state index contributed by atoms with van der Waals surface area (Å²) in [4.78, 5) is 38.9. The van der Waals surface area contributed by atoms with Gasteiger partial charge in [0, 0.05) is 0 Å². The molecule has 196 valence electrons. The second-order valence-electron chi connectivity index (χ2n) is 9.18. The Balaban J connectivity index is 1.63. The van der Waals surface area contributed by atoms with Gasteiger partial charge in [-0.15, -0.1) is 11.8 Å². The van der Waals surface area contributed by atoms with Gasteiger partial charge in [-0.05, 0) is 42.0 Å². The quantitative estimate of drug-likeness (QED) is 0.304. The number of amides is 2. The smallest absolute Gasteiger partial charge is 0.408 e. The predicted octanol–water partition coefficient (Wildman–Crippen LogP) is 5.15. The molecular weight excluding hydrogens is 488 g/mol. The van der Waals surface area contributed by atoms with Crippen molar-refractivity contribution >= 4 is 29.5 Å². The van der Waals surface area contributed by atoms with Crippen molar-refractivity contribution in [3.8, 4) is 0 Å². The minimum atomic E-state index is -0.829. The number of benzene rings is 2. The van der Waals surface area contributed by atoms with E-state index in [0.29, 0.717) is 18.6 Å². The summed E-state index contributed by atoms with van der Waals surface area (Å²) in [6, 6.07) is 21.0. The third-order valence-corrected chi connectivity index (χ3v) is 6.56. The monoisotopic (exact) mass is 522 g/mol. The minimum Gasteiger partial charge on any atom is -0.468 e. The minimum absolute atomic E-state index is 0.0938. The second kappa shape index (κ2) is 14.9. The van der Waals surface area contributed by atoms with Crippen molar-refractivity contribution in [2.45, 2.75) is 51.1 Å². The number of carbonyl (C=O) groups is 3. The molecule has 37 heavy (non-hydrogen) atoms. The van der Waals surface area contributed by atoms with Crippen LogP contribution in [0.5, 0.6) is 0 Å². The highest BCUT2D eigenvalue weighted by atomic mass is 32.2. The van der Waals surface area contributed by atoms with E-state index in [-0.39, 0.29) is 24.1 Å². The summed E-state index contributed by atoms with van der Waals surface area (Å²) >= 11 is 1.43. The number of hydrogen-bond donors (Lipinski definition) is 2. The number of Topliss-reactive ketones (excluding diaryl/α,β-unsaturated/α-hetero) is 1. The first kappa shape index (κ1) is 28.1. The molecule has 0 spiro atoms. The van der Waals surface area contributed by atoms with Crippen LogP contribution in [-0.4, -0.2) is 35.6 Å². The van der Waals surface area contributed by atoms with Gasteiger partial charge in [0.2, 0.25) is 5.91 Å². The Bertz CT molecular complexity index is 1100. The number of rotatable bonds is 14. The standard InChI is InChI=1S/C29H34N2O5S/c1-21(2)16-26(31-29(34)36-18-23-12-7-4-8-13-23)28(33)30-25(17-22-10-5-3-6-11-22)27(32)20-37-19-24-14-9-15-35-24/h3-15,21,25-26H,16-20H2,1-2H3,(H,30,33)(H,31,34). The Morgan fingerprint density at radius 2 is 1.54 bits per heavy atom. The van der Waals surface area contributed by atoms with Crippen molar-refractivity contribution in [1.82, 2.24) is 10.6 Å². The van der Waals surface area contributed by atoms with Crippen LogP contribution in [0.15, 0.2) is 83.5 Å². The van der Waals surface area contributed by atoms with Crippen LogP contribution in [0.4, 0.5) is 4.79 Å². The molecule has 0 bridgehead atoms. The van der Waals surface area contributed by atoms with E-state index in [4.69, 9.17) is 9.15 Å². The van der Waals surface area contributed by atoms with E-state index in [9.17, 15) is 14.4 Å². The first-order valence-corrected chi connectivity index (χ1v) is 13.5. The van der Waals surface area contributed by atoms with E-state index < -0.39 is 24.1 Å². The molecular formula is C29H34N2O5S. The number of hydrogen-bond acceptors (Lipinski definition) is 6. The number of ketones is 1. The molecule has 7 nitrogen and oxygen atoms in total. The molecule has 2 aromatic carbocycles. The zero-order valence-corrected chi connectivity index (χ0v) is 22.0. The maximum Gasteiger partial charge on any atom is 0.408 e. The molecule has 2 amide bonds. The lowest BCUT2D eigenvalue weighted by molar-refractivity contribution is -0.128. The third-order valence-electron chi connectivity index (χ3n) is 5.58. The van der Waals surface area contributed by atoms with Gasteiger partial charge in [-0.1, -0.05) is 74.5 Å². The summed E-state index contributed by atoms with van der Waals surface area (Å²) in [5.41, 5.74) is 1.79. The Labute approximate surface area is 222 Å². The first-order chi connectivity index (χ1) is 17.9. The zero-order chi connectivity index (χ0) is 26.5. The normalized spacial score (nSPS) is 12.5. The highest BCUT2D eigenvalue weighted by molar-refractivity contribution is 7.99. The van der Waals surface area contributed by atoms with E-state index >= 15 is 0 Å². The number of furan rings is 1. The van der Waals surface area contributed by atoms with Crippen molar-refractivity contribution in [2.24, 2.45) is 5.92 Å². The Morgan fingerprint density at radius 1 is 0.865 bits per heavy atom. The molecule has 0 aliphatic rings. The highest BCUT2D eigenvalue weighted by Gasteiger charge is 2.28. The lowest BCUT2D eigenvalue weighted by atomic mass is 10.00. The third kappa shape index (κ3) is 10.2. The van der Waals surface area contributed by atoms with Gasteiger partial charge in [-0.25, -0.2) is 4.79 Å². The summed E-state index contributed by atoms with van der Waals surface area (Å²) in [6.07, 6.45) is 1.69. The molecule has 0 saturated heterocycles. The summed E-state index contributed by atoms with van der Waals surface area (Å²) in [6.45, 7) is 4.04. The maximum atomic E-state index is 13.3. The Morgan fingerprint density at radius 3 is 2.16 bits per heavy atom. The summed E-state index contributed by atoms with van der Waals surface area (Å²) in [5, 5.41) is 5.58. The van der Waals surface area contributed by atoms with Gasteiger partial charge in [0.25, 0.3) is 0 Å². The van der Waals surface area contributed by atoms with Crippen LogP contribution < -0.4 is 10.6 Å². The molecule has 0 aliphatic carbocycles. The molecule has 1 heterocycles. The van der Waals surface area contributed by atoms with Crippen molar-refractivity contribution in [3.63, 3.8) is 0 Å². The average molecular weight is 523 g/mol. The first-order valence-electron chi connectivity index (χ1n) is 12.3. The van der Waals surface area contributed by atoms with Gasteiger partial charge >= 0.3 is 6.09 Å². The van der Waals surface area contributed by atoms with Crippen molar-refractivity contribution < 1.29 is 23.5 Å². The van der Waals surface area contributed by atoms with Gasteiger partial charge in [0.05, 0.1) is 23.8 Å². The molecule has 2 unspecified atom stereocenters. The average Bonchev–Trinajstić information content (AvgIpc) is 3.41. The van der Waals surface area contributed by atoms with Crippen molar-refractivity contribution in [3.05, 3.63) is 95.9 Å². The summed E-state index contributed by atoms with van der Waals surface area (Å²) < 4.78 is 10.7. The molecule has 0 radical (unpaired) electrons. The molecule has 0 fully saturated rings. The van der Waals surface area contributed by atoms with Crippen LogP contribution in [0, 0.1) is 5.92 Å². The molecule has 0 aliphatic heterocycles. The van der Waals surface area contributed by atoms with Crippen molar-refractivity contribution in [1.29, 1.82) is 0 Å². The van der Waals surface area contributed by atoms with Crippen LogP contribution in [0.2, 0.25) is 0 Å². The molecule has 2 N–H and O–H groups in total. The number of alkyl carbamates (subject to hydrolysis) is 1. The zero-order valence-electron chi connectivity index (χ0n) is 21.2. The summed E-state index contributed by atoms with van der Waals surface area (Å²) in [7, 11) is 0. The topological polar surface area (TPSA) is 97.6 Å². The van der Waals surface area contributed by atoms with Gasteiger partial charge in [0.15, 0.2) is 5.78 Å². The van der Waals surface area contributed by atoms with E-state index in [2.05, 4.69) is 10.6 Å². The van der Waals surface area contributed by atoms with Crippen LogP contribution in [0.3, 0.4) is 0 Å². The lowest BCUT2D eigenvalue weighted by Gasteiger charge is -2.24. The number of carbonyl (C=O) groups excluding carboxylic acids is 3. The van der Waals surface area contributed by atoms with Gasteiger partial charge in [-0.2, -0.15) is 0 Å². The molecule has 1 aromatic heterocycles. The second-order valence-corrected chi connectivity index (χ2v) is 10.2. The fraction of sp³-hybridized carbons (Fsp3) is 0.345. The molecule has 3 aromatic rings. The van der Waals surface area contributed by atoms with E-state index in [1.54, 1.807) is 6.26 Å². The molecule has 0 saturated carbocycles. The Hall–Kier alpha value is -3.52. The van der Waals surface area contributed by atoms with Gasteiger partial charge in [0.1, 0.15) is 18.4 Å². The van der Waals surface area contributed by atoms with Crippen LogP contribution in [0.1, 0.15) is 37.2 Å². The van der Waals surface area contributed by atoms with Gasteiger partial charge < -0.3 is 19.8 Å². The van der Waals surface area contributed by atoms with Crippen LogP contribution in [0.25, 0.3) is 0 Å². The number of ether oxygens (including phenoxy) is 1. The largest absolute Gasteiger partial charge is 0.468 e. The fourth-order valence-electron chi connectivity index (χ4n) is 3.72. The molecule has 8 heteroatoms. The SMILES string of the molecule is CC(C)CC(NC(=O)OCc1ccccc1)C(=O)NC(Cc1ccccc1)C(=O)CSCc1ccco1. The summed E-state index contributed by atoms with van der Waals surface area (Å²) in [5.74, 6) is 1.21. The van der Waals surface area contributed by atoms with Gasteiger partial charge in [-0.3, -0.25) is 9.59 Å². The maximum absolute atomic E-state index is 13.3. The fourth-order valence-corrected chi connectivity index (χ4v) is 4.59. The highest BCUT2D eigenvalue weighted by Crippen LogP contribution is 2.15. The predicted molar refractivity (Wildman–Crippen MR) is 145 cm³/mol. The van der Waals surface area contributed by atoms with Crippen molar-refractivity contribution in [2.75, 3.05) is 5.75 Å². The van der Waals surface area contributed by atoms with E-state index in [1.807, 2.05) is 86.6 Å². The lowest BCUT2D eigenvalue weighted by Crippen LogP contribution is -2.53. The van der Waals surface area contributed by atoms with E-state index in [1.165, 1.54) is 11.8 Å². The number of nitrogens with one attached hydrogen (secondary N) is 2. The molecule has 3 rings (SSSR count). The van der Waals surface area contributed by atoms with E-state index in [0.717, 1.165) is 16.9 Å². The molecule has 2 atom stereocenters.